The van der Waals surface area contributed by atoms with Gasteiger partial charge in [-0.25, -0.2) is 9.97 Å². The maximum Gasteiger partial charge on any atom is 0.262 e. The molecule has 4 nitrogen and oxygen atoms in total. The first kappa shape index (κ1) is 16.6. The number of fused-ring (bicyclic) bond motifs is 1. The lowest BCUT2D eigenvalue weighted by molar-refractivity contribution is 0.735. The van der Waals surface area contributed by atoms with E-state index in [1.165, 1.54) is 0 Å². The molecule has 0 radical (unpaired) electrons. The molecule has 0 aliphatic rings. The van der Waals surface area contributed by atoms with Crippen LogP contribution in [0.1, 0.15) is 5.69 Å². The van der Waals surface area contributed by atoms with Crippen LogP contribution in [0.25, 0.3) is 31.2 Å². The van der Waals surface area contributed by atoms with Crippen LogP contribution in [-0.4, -0.2) is 14.5 Å². The topological polar surface area (TPSA) is 47.8 Å². The number of thiazole rings is 1. The summed E-state index contributed by atoms with van der Waals surface area (Å²) in [6.45, 7) is 0.429. The Morgan fingerprint density at radius 3 is 2.74 bits per heavy atom. The molecule has 0 aliphatic carbocycles. The van der Waals surface area contributed by atoms with Crippen molar-refractivity contribution in [1.82, 2.24) is 14.5 Å². The first-order valence-electron chi connectivity index (χ1n) is 8.29. The van der Waals surface area contributed by atoms with E-state index < -0.39 is 0 Å². The summed E-state index contributed by atoms with van der Waals surface area (Å²) in [5, 5.41) is 7.77. The molecule has 0 saturated carbocycles. The van der Waals surface area contributed by atoms with Crippen molar-refractivity contribution in [3.05, 3.63) is 81.0 Å². The Kier molecular flexibility index (Phi) is 4.20. The van der Waals surface area contributed by atoms with Crippen LogP contribution in [0.5, 0.6) is 0 Å². The van der Waals surface area contributed by atoms with Crippen LogP contribution < -0.4 is 5.56 Å². The third kappa shape index (κ3) is 3.14. The number of hydrogen-bond donors (Lipinski definition) is 0. The maximum absolute atomic E-state index is 12.9. The molecule has 7 heteroatoms. The van der Waals surface area contributed by atoms with E-state index in [9.17, 15) is 4.79 Å². The molecular formula is C20H13N3OS3. The van der Waals surface area contributed by atoms with E-state index in [-0.39, 0.29) is 5.56 Å². The summed E-state index contributed by atoms with van der Waals surface area (Å²) in [4.78, 5) is 23.9. The Hall–Kier alpha value is -2.61. The molecule has 4 heterocycles. The number of thiophene rings is 2. The van der Waals surface area contributed by atoms with Gasteiger partial charge < -0.3 is 0 Å². The zero-order valence-electron chi connectivity index (χ0n) is 14.0. The van der Waals surface area contributed by atoms with Gasteiger partial charge in [0.2, 0.25) is 0 Å². The second kappa shape index (κ2) is 6.84. The van der Waals surface area contributed by atoms with Gasteiger partial charge >= 0.3 is 0 Å². The molecule has 5 aromatic rings. The van der Waals surface area contributed by atoms with E-state index in [1.54, 1.807) is 44.9 Å². The zero-order chi connectivity index (χ0) is 18.2. The second-order valence-electron chi connectivity index (χ2n) is 6.03. The molecule has 0 bridgehead atoms. The minimum atomic E-state index is -0.0245. The van der Waals surface area contributed by atoms with Crippen molar-refractivity contribution >= 4 is 44.2 Å². The number of nitrogens with zero attached hydrogens (tertiary/aromatic N) is 3. The quantitative estimate of drug-likeness (QED) is 0.403. The molecule has 0 amide bonds. The van der Waals surface area contributed by atoms with Crippen LogP contribution in [0, 0.1) is 0 Å². The van der Waals surface area contributed by atoms with Gasteiger partial charge in [0.1, 0.15) is 9.84 Å². The smallest absolute Gasteiger partial charge is 0.262 e. The Bertz CT molecular complexity index is 1270. The molecule has 0 fully saturated rings. The average molecular weight is 408 g/mol. The van der Waals surface area contributed by atoms with E-state index in [2.05, 4.69) is 21.4 Å². The molecule has 0 unspecified atom stereocenters. The molecule has 0 N–H and O–H groups in total. The molecule has 0 spiro atoms. The van der Waals surface area contributed by atoms with Crippen LogP contribution in [-0.2, 0) is 6.54 Å². The normalized spacial score (nSPS) is 11.3. The number of hydrogen-bond acceptors (Lipinski definition) is 6. The van der Waals surface area contributed by atoms with Crippen LogP contribution in [0.3, 0.4) is 0 Å². The van der Waals surface area contributed by atoms with Gasteiger partial charge in [-0.3, -0.25) is 9.36 Å². The van der Waals surface area contributed by atoms with Crippen molar-refractivity contribution in [2.75, 3.05) is 0 Å². The molecule has 5 rings (SSSR count). The monoisotopic (exact) mass is 407 g/mol. The van der Waals surface area contributed by atoms with Crippen LogP contribution >= 0.6 is 34.0 Å². The summed E-state index contributed by atoms with van der Waals surface area (Å²) in [7, 11) is 0. The first-order valence-corrected chi connectivity index (χ1v) is 10.9. The van der Waals surface area contributed by atoms with Gasteiger partial charge in [-0.2, -0.15) is 11.3 Å². The van der Waals surface area contributed by atoms with Gasteiger partial charge in [0.05, 0.1) is 24.0 Å². The van der Waals surface area contributed by atoms with E-state index in [0.29, 0.717) is 11.9 Å². The second-order valence-corrected chi connectivity index (χ2v) is 8.70. The van der Waals surface area contributed by atoms with Crippen molar-refractivity contribution in [2.24, 2.45) is 0 Å². The third-order valence-electron chi connectivity index (χ3n) is 4.23. The highest BCUT2D eigenvalue weighted by molar-refractivity contribution is 7.21. The minimum Gasteiger partial charge on any atom is -0.293 e. The molecule has 0 atom stereocenters. The predicted molar refractivity (Wildman–Crippen MR) is 114 cm³/mol. The fourth-order valence-electron chi connectivity index (χ4n) is 2.89. The summed E-state index contributed by atoms with van der Waals surface area (Å²) in [6, 6.07) is 14.1. The highest BCUT2D eigenvalue weighted by Crippen LogP contribution is 2.30. The SMILES string of the molecule is O=c1c2cc(-c3ccccc3)sc2ncn1Cc1csc(-c2ccsc2)n1. The summed E-state index contributed by atoms with van der Waals surface area (Å²) in [6.07, 6.45) is 1.62. The van der Waals surface area contributed by atoms with Gasteiger partial charge in [0.25, 0.3) is 5.56 Å². The lowest BCUT2D eigenvalue weighted by atomic mass is 10.2. The highest BCUT2D eigenvalue weighted by atomic mass is 32.1. The minimum absolute atomic E-state index is 0.0245. The van der Waals surface area contributed by atoms with Crippen molar-refractivity contribution in [3.63, 3.8) is 0 Å². The van der Waals surface area contributed by atoms with Gasteiger partial charge in [0, 0.05) is 21.2 Å². The maximum atomic E-state index is 12.9. The molecule has 1 aromatic carbocycles. The van der Waals surface area contributed by atoms with Crippen molar-refractivity contribution in [2.45, 2.75) is 6.54 Å². The highest BCUT2D eigenvalue weighted by Gasteiger charge is 2.12. The van der Waals surface area contributed by atoms with Gasteiger partial charge in [-0.15, -0.1) is 22.7 Å². The summed E-state index contributed by atoms with van der Waals surface area (Å²) in [5.41, 5.74) is 3.08. The fourth-order valence-corrected chi connectivity index (χ4v) is 5.41. The van der Waals surface area contributed by atoms with Crippen molar-refractivity contribution in [1.29, 1.82) is 0 Å². The summed E-state index contributed by atoms with van der Waals surface area (Å²) in [5.74, 6) is 0. The van der Waals surface area contributed by atoms with E-state index in [1.807, 2.05) is 47.2 Å². The molecule has 0 saturated heterocycles. The lowest BCUT2D eigenvalue weighted by Crippen LogP contribution is -2.20. The summed E-state index contributed by atoms with van der Waals surface area (Å²) >= 11 is 4.80. The molecule has 4 aromatic heterocycles. The van der Waals surface area contributed by atoms with Gasteiger partial charge in [0.15, 0.2) is 0 Å². The first-order chi connectivity index (χ1) is 13.3. The van der Waals surface area contributed by atoms with Gasteiger partial charge in [-0.05, 0) is 23.1 Å². The standard InChI is InChI=1S/C20H13N3OS3/c24-20-16-8-17(13-4-2-1-3-5-13)27-19(16)21-12-23(20)9-15-11-26-18(22-15)14-6-7-25-10-14/h1-8,10-12H,9H2. The summed E-state index contributed by atoms with van der Waals surface area (Å²) < 4.78 is 1.64. The van der Waals surface area contributed by atoms with Gasteiger partial charge in [-0.1, -0.05) is 30.3 Å². The Morgan fingerprint density at radius 1 is 1.04 bits per heavy atom. The van der Waals surface area contributed by atoms with Crippen LogP contribution in [0.4, 0.5) is 0 Å². The third-order valence-corrected chi connectivity index (χ3v) is 6.94. The molecule has 27 heavy (non-hydrogen) atoms. The van der Waals surface area contributed by atoms with E-state index in [0.717, 1.165) is 31.5 Å². The largest absolute Gasteiger partial charge is 0.293 e. The van der Waals surface area contributed by atoms with E-state index >= 15 is 0 Å². The Balaban J connectivity index is 1.49. The lowest BCUT2D eigenvalue weighted by Gasteiger charge is -2.02. The Labute approximate surface area is 167 Å². The van der Waals surface area contributed by atoms with E-state index in [4.69, 9.17) is 0 Å². The number of benzene rings is 1. The van der Waals surface area contributed by atoms with Crippen LogP contribution in [0.15, 0.2) is 69.7 Å². The van der Waals surface area contributed by atoms with Crippen molar-refractivity contribution in [3.8, 4) is 21.0 Å². The molecular weight excluding hydrogens is 394 g/mol. The predicted octanol–water partition coefficient (Wildman–Crippen LogP) is 5.36. The fraction of sp³-hybridized carbons (Fsp3) is 0.0500. The molecule has 0 aliphatic heterocycles. The number of aromatic nitrogens is 3. The Morgan fingerprint density at radius 2 is 1.93 bits per heavy atom. The molecule has 132 valence electrons. The number of rotatable bonds is 4. The zero-order valence-corrected chi connectivity index (χ0v) is 16.5. The van der Waals surface area contributed by atoms with Crippen LogP contribution in [0.2, 0.25) is 0 Å². The average Bonchev–Trinajstić information content (AvgIpc) is 3.45. The van der Waals surface area contributed by atoms with Crippen molar-refractivity contribution < 1.29 is 0 Å².